The number of carbonyl (C=O) groups is 4. The molecule has 0 aromatic heterocycles. The van der Waals surface area contributed by atoms with E-state index in [0.717, 1.165) is 23.5 Å². The molecule has 18 heavy (non-hydrogen) atoms. The molecule has 1 aliphatic rings. The zero-order valence-corrected chi connectivity index (χ0v) is 12.1. The number of amides is 2. The minimum Gasteiger partial charge on any atom is -0.322 e. The molecule has 0 aromatic carbocycles. The number of likely N-dealkylation sites (N-methyl/N-ethyl adjacent to an activating group) is 2. The summed E-state index contributed by atoms with van der Waals surface area (Å²) in [6.45, 7) is 2.68. The molecule has 0 N–H and O–H groups in total. The Bertz CT molecular complexity index is 375. The Labute approximate surface area is 113 Å². The van der Waals surface area contributed by atoms with Gasteiger partial charge in [-0.2, -0.15) is 0 Å². The van der Waals surface area contributed by atoms with Crippen LogP contribution in [-0.4, -0.2) is 56.7 Å². The summed E-state index contributed by atoms with van der Waals surface area (Å²) in [6.07, 6.45) is 0. The number of carbonyl (C=O) groups excluding carboxylic acids is 4. The van der Waals surface area contributed by atoms with Crippen molar-refractivity contribution in [2.45, 2.75) is 24.6 Å². The lowest BCUT2D eigenvalue weighted by Crippen LogP contribution is -2.60. The van der Waals surface area contributed by atoms with Crippen LogP contribution in [-0.2, 0) is 19.2 Å². The molecule has 1 fully saturated rings. The van der Waals surface area contributed by atoms with Gasteiger partial charge in [0, 0.05) is 27.9 Å². The summed E-state index contributed by atoms with van der Waals surface area (Å²) < 4.78 is 0. The first-order valence-corrected chi connectivity index (χ1v) is 6.89. The lowest BCUT2D eigenvalue weighted by molar-refractivity contribution is -0.150. The Morgan fingerprint density at radius 2 is 1.17 bits per heavy atom. The first-order chi connectivity index (χ1) is 8.25. The van der Waals surface area contributed by atoms with Crippen LogP contribution in [0, 0.1) is 0 Å². The third-order valence-electron chi connectivity index (χ3n) is 2.38. The highest BCUT2D eigenvalue weighted by Gasteiger charge is 2.44. The molecule has 1 saturated heterocycles. The van der Waals surface area contributed by atoms with Crippen LogP contribution in [0.5, 0.6) is 0 Å². The Hall–Kier alpha value is -1.02. The minimum absolute atomic E-state index is 0.237. The molecule has 1 aliphatic heterocycles. The molecular weight excluding hydrogens is 276 g/mol. The Morgan fingerprint density at radius 1 is 0.889 bits per heavy atom. The van der Waals surface area contributed by atoms with Crippen molar-refractivity contribution in [3.63, 3.8) is 0 Å². The third-order valence-corrected chi connectivity index (χ3v) is 4.52. The van der Waals surface area contributed by atoms with E-state index in [2.05, 4.69) is 0 Å². The van der Waals surface area contributed by atoms with Crippen LogP contribution in [0.3, 0.4) is 0 Å². The summed E-state index contributed by atoms with van der Waals surface area (Å²) in [6, 6.07) is 0. The van der Waals surface area contributed by atoms with Crippen molar-refractivity contribution in [1.82, 2.24) is 9.80 Å². The van der Waals surface area contributed by atoms with Gasteiger partial charge in [0.25, 0.3) is 11.8 Å². The molecular formula is C10H14N2O4S2. The first-order valence-electron chi connectivity index (χ1n) is 5.13. The fraction of sp³-hybridized carbons (Fsp3) is 0.600. The molecule has 100 valence electrons. The number of hydrogen-bond donors (Lipinski definition) is 0. The van der Waals surface area contributed by atoms with E-state index < -0.39 is 10.7 Å². The zero-order chi connectivity index (χ0) is 14.0. The first kappa shape index (κ1) is 15.0. The fourth-order valence-electron chi connectivity index (χ4n) is 1.48. The van der Waals surface area contributed by atoms with E-state index in [1.54, 1.807) is 0 Å². The maximum Gasteiger partial charge on any atom is 0.257 e. The lowest BCUT2D eigenvalue weighted by atomic mass is 10.3. The number of piperazine rings is 1. The van der Waals surface area contributed by atoms with E-state index in [4.69, 9.17) is 0 Å². The fourth-order valence-corrected chi connectivity index (χ4v) is 3.17. The SMILES string of the molecule is CC(=O)S[C@@H]1C(=O)N(C)[C@@H](SC(C)=O)C(=O)N1C. The van der Waals surface area contributed by atoms with Crippen LogP contribution < -0.4 is 0 Å². The smallest absolute Gasteiger partial charge is 0.257 e. The van der Waals surface area contributed by atoms with E-state index in [1.807, 2.05) is 0 Å². The van der Waals surface area contributed by atoms with Crippen molar-refractivity contribution in [2.24, 2.45) is 0 Å². The molecule has 2 amide bonds. The lowest BCUT2D eigenvalue weighted by Gasteiger charge is -2.40. The van der Waals surface area contributed by atoms with Crippen molar-refractivity contribution < 1.29 is 19.2 Å². The predicted molar refractivity (Wildman–Crippen MR) is 69.7 cm³/mol. The molecule has 6 nitrogen and oxygen atoms in total. The van der Waals surface area contributed by atoms with Crippen LogP contribution in [0.2, 0.25) is 0 Å². The molecule has 0 aliphatic carbocycles. The molecule has 1 rings (SSSR count). The topological polar surface area (TPSA) is 74.8 Å². The van der Waals surface area contributed by atoms with Crippen molar-refractivity contribution in [3.05, 3.63) is 0 Å². The van der Waals surface area contributed by atoms with Gasteiger partial charge in [0.05, 0.1) is 0 Å². The van der Waals surface area contributed by atoms with Gasteiger partial charge in [-0.15, -0.1) is 0 Å². The molecule has 0 unspecified atom stereocenters. The summed E-state index contributed by atoms with van der Waals surface area (Å²) in [5.41, 5.74) is 0. The quantitative estimate of drug-likeness (QED) is 0.719. The zero-order valence-electron chi connectivity index (χ0n) is 10.5. The standard InChI is InChI=1S/C10H14N2O4S2/c1-5(13)17-9-7(15)12(4)10(18-6(2)14)8(16)11(9)3/h9-10H,1-4H3/t9-,10+. The molecule has 0 bridgehead atoms. The largest absolute Gasteiger partial charge is 0.322 e. The van der Waals surface area contributed by atoms with Crippen molar-refractivity contribution >= 4 is 45.6 Å². The maximum atomic E-state index is 12.0. The summed E-state index contributed by atoms with van der Waals surface area (Å²) in [5.74, 6) is -0.702. The van der Waals surface area contributed by atoms with E-state index in [-0.39, 0.29) is 22.0 Å². The van der Waals surface area contributed by atoms with Gasteiger partial charge in [-0.1, -0.05) is 23.5 Å². The average Bonchev–Trinajstić information content (AvgIpc) is 2.27. The molecule has 0 saturated carbocycles. The molecule has 0 radical (unpaired) electrons. The van der Waals surface area contributed by atoms with Crippen LogP contribution in [0.25, 0.3) is 0 Å². The summed E-state index contributed by atoms with van der Waals surface area (Å²) >= 11 is 1.60. The summed E-state index contributed by atoms with van der Waals surface area (Å²) in [4.78, 5) is 48.7. The highest BCUT2D eigenvalue weighted by molar-refractivity contribution is 8.15. The molecule has 1 heterocycles. The summed E-state index contributed by atoms with van der Waals surface area (Å²) in [5, 5.41) is -2.16. The maximum absolute atomic E-state index is 12.0. The molecule has 8 heteroatoms. The van der Waals surface area contributed by atoms with Crippen LogP contribution >= 0.6 is 23.5 Å². The normalized spacial score (nSPS) is 24.4. The van der Waals surface area contributed by atoms with Crippen molar-refractivity contribution in [3.8, 4) is 0 Å². The van der Waals surface area contributed by atoms with E-state index in [0.29, 0.717) is 0 Å². The molecule has 2 atom stereocenters. The van der Waals surface area contributed by atoms with Crippen LogP contribution in [0.4, 0.5) is 0 Å². The van der Waals surface area contributed by atoms with Crippen LogP contribution in [0.15, 0.2) is 0 Å². The van der Waals surface area contributed by atoms with Gasteiger partial charge in [-0.3, -0.25) is 19.2 Å². The number of hydrogen-bond acceptors (Lipinski definition) is 6. The van der Waals surface area contributed by atoms with Gasteiger partial charge in [0.15, 0.2) is 21.0 Å². The Morgan fingerprint density at radius 3 is 1.39 bits per heavy atom. The second-order valence-corrected chi connectivity index (χ2v) is 6.34. The second kappa shape index (κ2) is 5.75. The number of thioether (sulfide) groups is 2. The third kappa shape index (κ3) is 3.05. The van der Waals surface area contributed by atoms with Gasteiger partial charge in [0.2, 0.25) is 0 Å². The Balaban J connectivity index is 2.95. The average molecular weight is 290 g/mol. The van der Waals surface area contributed by atoms with Gasteiger partial charge in [-0.25, -0.2) is 0 Å². The highest BCUT2D eigenvalue weighted by atomic mass is 32.2. The van der Waals surface area contributed by atoms with Gasteiger partial charge < -0.3 is 9.80 Å². The molecule has 0 aromatic rings. The monoisotopic (exact) mass is 290 g/mol. The van der Waals surface area contributed by atoms with E-state index in [9.17, 15) is 19.2 Å². The van der Waals surface area contributed by atoms with Gasteiger partial charge in [-0.05, 0) is 0 Å². The highest BCUT2D eigenvalue weighted by Crippen LogP contribution is 2.29. The van der Waals surface area contributed by atoms with Gasteiger partial charge >= 0.3 is 0 Å². The number of rotatable bonds is 2. The van der Waals surface area contributed by atoms with Gasteiger partial charge in [0.1, 0.15) is 0 Å². The minimum atomic E-state index is -0.844. The van der Waals surface area contributed by atoms with Crippen molar-refractivity contribution in [1.29, 1.82) is 0 Å². The number of nitrogens with zero attached hydrogens (tertiary/aromatic N) is 2. The molecule has 0 spiro atoms. The van der Waals surface area contributed by atoms with Crippen LogP contribution in [0.1, 0.15) is 13.8 Å². The summed E-state index contributed by atoms with van der Waals surface area (Å²) in [7, 11) is 2.92. The predicted octanol–water partition coefficient (Wildman–Crippen LogP) is 0.128. The van der Waals surface area contributed by atoms with E-state index >= 15 is 0 Å². The second-order valence-electron chi connectivity index (χ2n) is 3.82. The Kier molecular flexibility index (Phi) is 4.80. The van der Waals surface area contributed by atoms with E-state index in [1.165, 1.54) is 37.7 Å². The van der Waals surface area contributed by atoms with Crippen molar-refractivity contribution in [2.75, 3.05) is 14.1 Å².